The van der Waals surface area contributed by atoms with E-state index in [2.05, 4.69) is 22.1 Å². The van der Waals surface area contributed by atoms with Gasteiger partial charge in [-0.1, -0.05) is 13.0 Å². The van der Waals surface area contributed by atoms with Crippen LogP contribution in [0.4, 0.5) is 0 Å². The summed E-state index contributed by atoms with van der Waals surface area (Å²) in [6, 6.07) is 5.36. The van der Waals surface area contributed by atoms with Crippen molar-refractivity contribution in [3.63, 3.8) is 0 Å². The third-order valence-electron chi connectivity index (χ3n) is 4.36. The fourth-order valence-corrected chi connectivity index (χ4v) is 5.81. The molecule has 0 bridgehead atoms. The van der Waals surface area contributed by atoms with Crippen molar-refractivity contribution in [2.75, 3.05) is 6.26 Å². The molecule has 10 heteroatoms. The highest BCUT2D eigenvalue weighted by Crippen LogP contribution is 2.34. The number of aryl methyl sites for hydroxylation is 2. The Morgan fingerprint density at radius 2 is 1.90 bits per heavy atom. The van der Waals surface area contributed by atoms with E-state index in [0.717, 1.165) is 37.6 Å². The van der Waals surface area contributed by atoms with Crippen LogP contribution in [0.25, 0.3) is 16.1 Å². The van der Waals surface area contributed by atoms with Gasteiger partial charge in [0.05, 0.1) is 33.9 Å². The van der Waals surface area contributed by atoms with Crippen LogP contribution in [0.15, 0.2) is 41.8 Å². The third-order valence-corrected chi connectivity index (χ3v) is 7.78. The van der Waals surface area contributed by atoms with Crippen molar-refractivity contribution in [2.24, 2.45) is 0 Å². The maximum atomic E-state index is 12.2. The smallest absolute Gasteiger partial charge is 0.177 e. The Hall–Kier alpha value is -2.43. The Kier molecular flexibility index (Phi) is 5.32. The van der Waals surface area contributed by atoms with E-state index < -0.39 is 9.84 Å². The summed E-state index contributed by atoms with van der Waals surface area (Å²) in [5.74, 6) is 0. The molecule has 3 heterocycles. The molecule has 0 N–H and O–H groups in total. The predicted molar refractivity (Wildman–Crippen MR) is 115 cm³/mol. The Balaban J connectivity index is 1.73. The normalized spacial score (nSPS) is 11.8. The molecule has 0 atom stereocenters. The van der Waals surface area contributed by atoms with Gasteiger partial charge in [-0.3, -0.25) is 0 Å². The van der Waals surface area contributed by atoms with E-state index in [1.807, 2.05) is 19.1 Å². The van der Waals surface area contributed by atoms with Crippen LogP contribution >= 0.6 is 22.7 Å². The van der Waals surface area contributed by atoms with Crippen LogP contribution in [0.1, 0.15) is 27.6 Å². The molecule has 0 aliphatic rings. The van der Waals surface area contributed by atoms with Crippen LogP contribution in [-0.2, 0) is 22.7 Å². The topological polar surface area (TPSA) is 90.6 Å². The lowest BCUT2D eigenvalue weighted by Gasteiger charge is -2.11. The fourth-order valence-electron chi connectivity index (χ4n) is 3.00. The number of nitrogens with zero attached hydrogens (tertiary/aromatic N) is 5. The summed E-state index contributed by atoms with van der Waals surface area (Å²) in [6.45, 7) is 4.03. The van der Waals surface area contributed by atoms with E-state index in [0.29, 0.717) is 12.1 Å². The molecule has 0 fully saturated rings. The van der Waals surface area contributed by atoms with Crippen LogP contribution in [0, 0.1) is 6.92 Å². The van der Waals surface area contributed by atoms with E-state index in [-0.39, 0.29) is 4.90 Å². The van der Waals surface area contributed by atoms with E-state index in [4.69, 9.17) is 4.98 Å². The molecule has 7 nitrogen and oxygen atoms in total. The first-order valence-electron chi connectivity index (χ1n) is 8.95. The van der Waals surface area contributed by atoms with Crippen molar-refractivity contribution in [2.45, 2.75) is 31.6 Å². The second-order valence-electron chi connectivity index (χ2n) is 6.57. The average molecular weight is 446 g/mol. The number of sulfone groups is 1. The summed E-state index contributed by atoms with van der Waals surface area (Å²) in [4.78, 5) is 10.0. The maximum absolute atomic E-state index is 12.2. The SMILES string of the molecule is CCc1nnc(Cc2nc(C)c(-c3ccc(S(C)(=O)=O)c(-n4ccnc4)c3)s2)s1. The number of hydrogen-bond acceptors (Lipinski definition) is 8. The van der Waals surface area contributed by atoms with Gasteiger partial charge in [0.1, 0.15) is 15.0 Å². The highest BCUT2D eigenvalue weighted by atomic mass is 32.2. The molecule has 0 unspecified atom stereocenters. The van der Waals surface area contributed by atoms with Gasteiger partial charge in [0.2, 0.25) is 0 Å². The van der Waals surface area contributed by atoms with Crippen LogP contribution in [0.3, 0.4) is 0 Å². The van der Waals surface area contributed by atoms with Gasteiger partial charge in [-0.15, -0.1) is 32.9 Å². The van der Waals surface area contributed by atoms with Crippen LogP contribution < -0.4 is 0 Å². The molecule has 4 aromatic rings. The molecule has 0 aliphatic heterocycles. The van der Waals surface area contributed by atoms with Gasteiger partial charge >= 0.3 is 0 Å². The zero-order chi connectivity index (χ0) is 20.6. The molecular formula is C19H19N5O2S3. The molecule has 150 valence electrons. The highest BCUT2D eigenvalue weighted by Gasteiger charge is 2.18. The molecule has 1 aromatic carbocycles. The Labute approximate surface area is 177 Å². The monoisotopic (exact) mass is 445 g/mol. The van der Waals surface area contributed by atoms with Gasteiger partial charge < -0.3 is 4.57 Å². The summed E-state index contributed by atoms with van der Waals surface area (Å²) in [5.41, 5.74) is 2.41. The van der Waals surface area contributed by atoms with Gasteiger partial charge in [0, 0.05) is 18.6 Å². The first-order chi connectivity index (χ1) is 13.8. The molecule has 0 spiro atoms. The standard InChI is InChI=1S/C19H19N5O2S3/c1-4-16-22-23-18(27-16)10-17-21-12(2)19(28-17)13-5-6-15(29(3,25)26)14(9-13)24-8-7-20-11-24/h5-9,11H,4,10H2,1-3H3. The van der Waals surface area contributed by atoms with Crippen LogP contribution in [-0.4, -0.2) is 39.4 Å². The number of imidazole rings is 1. The molecule has 0 radical (unpaired) electrons. The zero-order valence-electron chi connectivity index (χ0n) is 16.2. The Bertz CT molecular complexity index is 1260. The van der Waals surface area contributed by atoms with Crippen molar-refractivity contribution in [1.82, 2.24) is 24.7 Å². The zero-order valence-corrected chi connectivity index (χ0v) is 18.6. The van der Waals surface area contributed by atoms with E-state index in [1.54, 1.807) is 52.0 Å². The minimum absolute atomic E-state index is 0.266. The molecule has 0 saturated carbocycles. The Morgan fingerprint density at radius 3 is 2.55 bits per heavy atom. The van der Waals surface area contributed by atoms with Crippen molar-refractivity contribution < 1.29 is 8.42 Å². The van der Waals surface area contributed by atoms with Crippen LogP contribution in [0.5, 0.6) is 0 Å². The molecule has 29 heavy (non-hydrogen) atoms. The van der Waals surface area contributed by atoms with Crippen molar-refractivity contribution in [1.29, 1.82) is 0 Å². The summed E-state index contributed by atoms with van der Waals surface area (Å²) in [5, 5.41) is 11.4. The van der Waals surface area contributed by atoms with E-state index >= 15 is 0 Å². The molecule has 0 aliphatic carbocycles. The van der Waals surface area contributed by atoms with Crippen molar-refractivity contribution in [3.8, 4) is 16.1 Å². The van der Waals surface area contributed by atoms with E-state index in [1.165, 1.54) is 6.26 Å². The quantitative estimate of drug-likeness (QED) is 0.449. The lowest BCUT2D eigenvalue weighted by molar-refractivity contribution is 0.601. The molecule has 3 aromatic heterocycles. The number of aromatic nitrogens is 5. The first-order valence-corrected chi connectivity index (χ1v) is 12.5. The minimum atomic E-state index is -3.38. The van der Waals surface area contributed by atoms with Crippen molar-refractivity contribution >= 4 is 32.5 Å². The van der Waals surface area contributed by atoms with Gasteiger partial charge in [-0.05, 0) is 31.0 Å². The summed E-state index contributed by atoms with van der Waals surface area (Å²) >= 11 is 3.21. The lowest BCUT2D eigenvalue weighted by atomic mass is 10.1. The van der Waals surface area contributed by atoms with Gasteiger partial charge in [0.25, 0.3) is 0 Å². The second kappa shape index (κ2) is 7.77. The second-order valence-corrected chi connectivity index (χ2v) is 10.8. The summed E-state index contributed by atoms with van der Waals surface area (Å²) in [6.07, 6.45) is 7.70. The summed E-state index contributed by atoms with van der Waals surface area (Å²) in [7, 11) is -3.38. The molecular weight excluding hydrogens is 426 g/mol. The van der Waals surface area contributed by atoms with E-state index in [9.17, 15) is 8.42 Å². The number of hydrogen-bond donors (Lipinski definition) is 0. The first kappa shape index (κ1) is 19.9. The number of rotatable bonds is 6. The summed E-state index contributed by atoms with van der Waals surface area (Å²) < 4.78 is 26.2. The van der Waals surface area contributed by atoms with Crippen molar-refractivity contribution in [3.05, 3.63) is 57.6 Å². The highest BCUT2D eigenvalue weighted by molar-refractivity contribution is 7.90. The maximum Gasteiger partial charge on any atom is 0.177 e. The van der Waals surface area contributed by atoms with Crippen LogP contribution in [0.2, 0.25) is 0 Å². The fraction of sp³-hybridized carbons (Fsp3) is 0.263. The van der Waals surface area contributed by atoms with Gasteiger partial charge in [0.15, 0.2) is 9.84 Å². The Morgan fingerprint density at radius 1 is 1.10 bits per heavy atom. The number of benzene rings is 1. The third kappa shape index (κ3) is 4.14. The molecule has 0 amide bonds. The predicted octanol–water partition coefficient (Wildman–Crippen LogP) is 3.71. The van der Waals surface area contributed by atoms with Gasteiger partial charge in [-0.2, -0.15) is 0 Å². The lowest BCUT2D eigenvalue weighted by Crippen LogP contribution is -2.04. The minimum Gasteiger partial charge on any atom is -0.305 e. The largest absolute Gasteiger partial charge is 0.305 e. The molecule has 4 rings (SSSR count). The van der Waals surface area contributed by atoms with Gasteiger partial charge in [-0.25, -0.2) is 18.4 Å². The number of thiazole rings is 1. The average Bonchev–Trinajstić information content (AvgIpc) is 3.42. The molecule has 0 saturated heterocycles.